The Morgan fingerprint density at radius 3 is 2.47 bits per heavy atom. The largest absolute Gasteiger partial charge is 0.396 e. The molecule has 0 saturated carbocycles. The molecule has 2 heterocycles. The average Bonchev–Trinajstić information content (AvgIpc) is 2.40. The third-order valence-electron chi connectivity index (χ3n) is 3.39. The maximum Gasteiger partial charge on any atom is 0.225 e. The van der Waals surface area contributed by atoms with Gasteiger partial charge in [0.2, 0.25) is 5.95 Å². The molecule has 17 heavy (non-hydrogen) atoms. The van der Waals surface area contributed by atoms with E-state index in [0.717, 1.165) is 44.7 Å². The van der Waals surface area contributed by atoms with Crippen LogP contribution in [0.5, 0.6) is 0 Å². The predicted molar refractivity (Wildman–Crippen MR) is 68.0 cm³/mol. The van der Waals surface area contributed by atoms with E-state index in [1.54, 1.807) is 0 Å². The smallest absolute Gasteiger partial charge is 0.225 e. The van der Waals surface area contributed by atoms with Gasteiger partial charge in [-0.05, 0) is 30.7 Å². The molecule has 2 rings (SSSR count). The van der Waals surface area contributed by atoms with E-state index < -0.39 is 0 Å². The fraction of sp³-hybridized carbons (Fsp3) is 0.692. The molecule has 0 bridgehead atoms. The first kappa shape index (κ1) is 12.3. The molecule has 0 aromatic carbocycles. The molecule has 4 nitrogen and oxygen atoms in total. The molecule has 1 aromatic heterocycles. The van der Waals surface area contributed by atoms with E-state index in [1.165, 1.54) is 5.56 Å². The van der Waals surface area contributed by atoms with Crippen LogP contribution < -0.4 is 4.90 Å². The second kappa shape index (κ2) is 5.96. The Bertz CT molecular complexity index is 331. The lowest BCUT2D eigenvalue weighted by Gasteiger charge is -2.31. The van der Waals surface area contributed by atoms with E-state index in [-0.39, 0.29) is 0 Å². The fourth-order valence-corrected chi connectivity index (χ4v) is 2.24. The summed E-state index contributed by atoms with van der Waals surface area (Å²) >= 11 is 0. The summed E-state index contributed by atoms with van der Waals surface area (Å²) in [7, 11) is 0. The summed E-state index contributed by atoms with van der Waals surface area (Å²) in [4.78, 5) is 11.1. The SMILES string of the molecule is CCCc1cnc(N2CCC(CO)CC2)nc1. The van der Waals surface area contributed by atoms with Gasteiger partial charge >= 0.3 is 0 Å². The van der Waals surface area contributed by atoms with Crippen molar-refractivity contribution in [2.45, 2.75) is 32.6 Å². The first-order valence-electron chi connectivity index (χ1n) is 6.50. The van der Waals surface area contributed by atoms with Crippen molar-refractivity contribution in [2.24, 2.45) is 5.92 Å². The average molecular weight is 235 g/mol. The number of aliphatic hydroxyl groups is 1. The molecule has 1 aliphatic rings. The molecule has 0 atom stereocenters. The molecule has 4 heteroatoms. The lowest BCUT2D eigenvalue weighted by molar-refractivity contribution is 0.202. The molecular weight excluding hydrogens is 214 g/mol. The number of anilines is 1. The van der Waals surface area contributed by atoms with Crippen LogP contribution in [0.1, 0.15) is 31.7 Å². The van der Waals surface area contributed by atoms with E-state index in [4.69, 9.17) is 5.11 Å². The fourth-order valence-electron chi connectivity index (χ4n) is 2.24. The number of nitrogens with zero attached hydrogens (tertiary/aromatic N) is 3. The third-order valence-corrected chi connectivity index (χ3v) is 3.39. The molecule has 0 spiro atoms. The van der Waals surface area contributed by atoms with Gasteiger partial charge in [-0.1, -0.05) is 13.3 Å². The Morgan fingerprint density at radius 2 is 1.94 bits per heavy atom. The minimum atomic E-state index is 0.310. The van der Waals surface area contributed by atoms with Crippen LogP contribution in [0, 0.1) is 5.92 Å². The van der Waals surface area contributed by atoms with Gasteiger partial charge in [0.25, 0.3) is 0 Å². The molecule has 1 aromatic rings. The minimum Gasteiger partial charge on any atom is -0.396 e. The van der Waals surface area contributed by atoms with Crippen molar-refractivity contribution in [1.82, 2.24) is 9.97 Å². The van der Waals surface area contributed by atoms with Gasteiger partial charge in [-0.2, -0.15) is 0 Å². The Morgan fingerprint density at radius 1 is 1.29 bits per heavy atom. The van der Waals surface area contributed by atoms with Crippen molar-refractivity contribution < 1.29 is 5.11 Å². The zero-order valence-electron chi connectivity index (χ0n) is 10.5. The Hall–Kier alpha value is -1.16. The van der Waals surface area contributed by atoms with Gasteiger partial charge in [-0.15, -0.1) is 0 Å². The quantitative estimate of drug-likeness (QED) is 0.862. The number of rotatable bonds is 4. The van der Waals surface area contributed by atoms with Crippen LogP contribution in [0.15, 0.2) is 12.4 Å². The predicted octanol–water partition coefficient (Wildman–Crippen LogP) is 1.64. The summed E-state index contributed by atoms with van der Waals surface area (Å²) in [5.41, 5.74) is 1.21. The van der Waals surface area contributed by atoms with Crippen molar-refractivity contribution in [3.05, 3.63) is 18.0 Å². The highest BCUT2D eigenvalue weighted by molar-refractivity contribution is 5.30. The van der Waals surface area contributed by atoms with Crippen LogP contribution in [0.3, 0.4) is 0 Å². The monoisotopic (exact) mass is 235 g/mol. The second-order valence-corrected chi connectivity index (χ2v) is 4.75. The summed E-state index contributed by atoms with van der Waals surface area (Å²) in [6.07, 6.45) is 8.12. The van der Waals surface area contributed by atoms with Gasteiger partial charge < -0.3 is 10.0 Å². The van der Waals surface area contributed by atoms with Crippen molar-refractivity contribution in [3.8, 4) is 0 Å². The van der Waals surface area contributed by atoms with E-state index in [9.17, 15) is 0 Å². The number of hydrogen-bond acceptors (Lipinski definition) is 4. The molecule has 1 saturated heterocycles. The zero-order chi connectivity index (χ0) is 12.1. The Labute approximate surface area is 103 Å². The lowest BCUT2D eigenvalue weighted by Crippen LogP contribution is -2.35. The topological polar surface area (TPSA) is 49.2 Å². The van der Waals surface area contributed by atoms with Crippen LogP contribution >= 0.6 is 0 Å². The van der Waals surface area contributed by atoms with Crippen LogP contribution in [0.2, 0.25) is 0 Å². The first-order chi connectivity index (χ1) is 8.33. The molecule has 0 aliphatic carbocycles. The molecule has 1 aliphatic heterocycles. The number of aromatic nitrogens is 2. The highest BCUT2D eigenvalue weighted by Gasteiger charge is 2.19. The van der Waals surface area contributed by atoms with Crippen molar-refractivity contribution in [1.29, 1.82) is 0 Å². The maximum absolute atomic E-state index is 9.09. The van der Waals surface area contributed by atoms with Crippen molar-refractivity contribution in [2.75, 3.05) is 24.6 Å². The van der Waals surface area contributed by atoms with Gasteiger partial charge in [0.1, 0.15) is 0 Å². The number of hydrogen-bond donors (Lipinski definition) is 1. The lowest BCUT2D eigenvalue weighted by atomic mass is 9.98. The summed E-state index contributed by atoms with van der Waals surface area (Å²) in [6.45, 7) is 4.38. The zero-order valence-corrected chi connectivity index (χ0v) is 10.5. The van der Waals surface area contributed by atoms with Gasteiger partial charge in [0, 0.05) is 32.1 Å². The Kier molecular flexibility index (Phi) is 4.31. The van der Waals surface area contributed by atoms with Crippen molar-refractivity contribution >= 4 is 5.95 Å². The summed E-state index contributed by atoms with van der Waals surface area (Å²) in [5, 5.41) is 9.09. The molecular formula is C13H21N3O. The molecule has 0 unspecified atom stereocenters. The van der Waals surface area contributed by atoms with E-state index in [1.807, 2.05) is 12.4 Å². The first-order valence-corrected chi connectivity index (χ1v) is 6.50. The second-order valence-electron chi connectivity index (χ2n) is 4.75. The third kappa shape index (κ3) is 3.16. The summed E-state index contributed by atoms with van der Waals surface area (Å²) < 4.78 is 0. The Balaban J connectivity index is 1.94. The standard InChI is InChI=1S/C13H21N3O/c1-2-3-12-8-14-13(15-9-12)16-6-4-11(10-17)5-7-16/h8-9,11,17H,2-7,10H2,1H3. The van der Waals surface area contributed by atoms with Gasteiger partial charge in [0.05, 0.1) is 0 Å². The summed E-state index contributed by atoms with van der Waals surface area (Å²) in [6, 6.07) is 0. The van der Waals surface area contributed by atoms with Crippen molar-refractivity contribution in [3.63, 3.8) is 0 Å². The number of aliphatic hydroxyl groups excluding tert-OH is 1. The minimum absolute atomic E-state index is 0.310. The van der Waals surface area contributed by atoms with Crippen LogP contribution in [0.25, 0.3) is 0 Å². The number of piperidine rings is 1. The maximum atomic E-state index is 9.09. The molecule has 1 N–H and O–H groups in total. The summed E-state index contributed by atoms with van der Waals surface area (Å²) in [5.74, 6) is 1.30. The van der Waals surface area contributed by atoms with Gasteiger partial charge in [0.15, 0.2) is 0 Å². The van der Waals surface area contributed by atoms with Crippen LogP contribution in [-0.4, -0.2) is 34.8 Å². The highest BCUT2D eigenvalue weighted by Crippen LogP contribution is 2.19. The molecule has 0 radical (unpaired) electrons. The molecule has 1 fully saturated rings. The normalized spacial score (nSPS) is 17.4. The van der Waals surface area contributed by atoms with Crippen LogP contribution in [-0.2, 0) is 6.42 Å². The molecule has 0 amide bonds. The van der Waals surface area contributed by atoms with E-state index in [0.29, 0.717) is 12.5 Å². The van der Waals surface area contributed by atoms with E-state index in [2.05, 4.69) is 21.8 Å². The number of aryl methyl sites for hydroxylation is 1. The highest BCUT2D eigenvalue weighted by atomic mass is 16.3. The van der Waals surface area contributed by atoms with Crippen LogP contribution in [0.4, 0.5) is 5.95 Å². The molecule has 94 valence electrons. The van der Waals surface area contributed by atoms with Gasteiger partial charge in [-0.3, -0.25) is 0 Å². The van der Waals surface area contributed by atoms with E-state index >= 15 is 0 Å². The van der Waals surface area contributed by atoms with Gasteiger partial charge in [-0.25, -0.2) is 9.97 Å².